The van der Waals surface area contributed by atoms with Gasteiger partial charge in [-0.3, -0.25) is 0 Å². The smallest absolute Gasteiger partial charge is 0.132 e. The molecule has 0 fully saturated rings. The Labute approximate surface area is 101 Å². The van der Waals surface area contributed by atoms with E-state index in [1.165, 1.54) is 0 Å². The maximum absolute atomic E-state index is 13.9. The minimum absolute atomic E-state index is 0.103. The van der Waals surface area contributed by atoms with E-state index in [1.807, 2.05) is 13.1 Å². The Morgan fingerprint density at radius 2 is 2.18 bits per heavy atom. The van der Waals surface area contributed by atoms with Crippen LogP contribution in [0, 0.1) is 5.82 Å². The number of halogens is 1. The molecule has 0 radical (unpaired) electrons. The van der Waals surface area contributed by atoms with Gasteiger partial charge in [0.15, 0.2) is 0 Å². The van der Waals surface area contributed by atoms with Crippen LogP contribution in [-0.4, -0.2) is 18.2 Å². The molecule has 17 heavy (non-hydrogen) atoms. The summed E-state index contributed by atoms with van der Waals surface area (Å²) in [4.78, 5) is 0. The Morgan fingerprint density at radius 3 is 2.88 bits per heavy atom. The van der Waals surface area contributed by atoms with E-state index in [1.54, 1.807) is 12.1 Å². The van der Waals surface area contributed by atoms with Crippen molar-refractivity contribution >= 4 is 10.9 Å². The molecule has 0 saturated heterocycles. The van der Waals surface area contributed by atoms with Crippen LogP contribution in [0.3, 0.4) is 0 Å². The van der Waals surface area contributed by atoms with Gasteiger partial charge in [0.2, 0.25) is 0 Å². The molecule has 0 bridgehead atoms. The number of hydrogen-bond donors (Lipinski definition) is 1. The van der Waals surface area contributed by atoms with Gasteiger partial charge in [0.1, 0.15) is 5.82 Å². The third-order valence-corrected chi connectivity index (χ3v) is 3.15. The highest BCUT2D eigenvalue weighted by Crippen LogP contribution is 2.25. The van der Waals surface area contributed by atoms with Crippen molar-refractivity contribution in [2.75, 3.05) is 13.6 Å². The van der Waals surface area contributed by atoms with E-state index >= 15 is 0 Å². The number of aryl methyl sites for hydroxylation is 2. The van der Waals surface area contributed by atoms with Crippen LogP contribution < -0.4 is 5.32 Å². The third kappa shape index (κ3) is 2.34. The summed E-state index contributed by atoms with van der Waals surface area (Å²) in [6.07, 6.45) is 4.04. The monoisotopic (exact) mass is 234 g/mol. The first-order valence-electron chi connectivity index (χ1n) is 6.18. The molecule has 1 N–H and O–H groups in total. The van der Waals surface area contributed by atoms with Gasteiger partial charge in [-0.25, -0.2) is 4.39 Å². The van der Waals surface area contributed by atoms with Gasteiger partial charge < -0.3 is 9.88 Å². The summed E-state index contributed by atoms with van der Waals surface area (Å²) in [7, 11) is 1.94. The van der Waals surface area contributed by atoms with Gasteiger partial charge in [0.25, 0.3) is 0 Å². The third-order valence-electron chi connectivity index (χ3n) is 3.15. The maximum Gasteiger partial charge on any atom is 0.132 e. The van der Waals surface area contributed by atoms with Gasteiger partial charge in [0.05, 0.1) is 5.52 Å². The molecule has 0 atom stereocenters. The molecule has 92 valence electrons. The molecular formula is C14H19FN2. The van der Waals surface area contributed by atoms with Crippen molar-refractivity contribution in [3.63, 3.8) is 0 Å². The molecule has 0 aliphatic carbocycles. The second-order valence-electron chi connectivity index (χ2n) is 4.28. The van der Waals surface area contributed by atoms with Gasteiger partial charge in [-0.15, -0.1) is 0 Å². The number of hydrogen-bond acceptors (Lipinski definition) is 1. The molecule has 0 aliphatic rings. The maximum atomic E-state index is 13.9. The van der Waals surface area contributed by atoms with Gasteiger partial charge in [-0.2, -0.15) is 0 Å². The molecule has 0 amide bonds. The molecule has 2 aromatic rings. The van der Waals surface area contributed by atoms with Crippen molar-refractivity contribution in [1.29, 1.82) is 0 Å². The first-order chi connectivity index (χ1) is 8.27. The van der Waals surface area contributed by atoms with E-state index in [9.17, 15) is 4.39 Å². The van der Waals surface area contributed by atoms with Crippen LogP contribution in [0.4, 0.5) is 4.39 Å². The van der Waals surface area contributed by atoms with E-state index in [4.69, 9.17) is 0 Å². The second-order valence-corrected chi connectivity index (χ2v) is 4.28. The molecule has 1 aromatic heterocycles. The van der Waals surface area contributed by atoms with Crippen molar-refractivity contribution in [1.82, 2.24) is 9.88 Å². The lowest BCUT2D eigenvalue weighted by atomic mass is 10.1. The fourth-order valence-corrected chi connectivity index (χ4v) is 2.30. The van der Waals surface area contributed by atoms with Crippen LogP contribution in [0.1, 0.15) is 18.9 Å². The Hall–Kier alpha value is -1.35. The Bertz CT molecular complexity index is 502. The highest BCUT2D eigenvalue weighted by molar-refractivity contribution is 5.84. The molecule has 3 heteroatoms. The van der Waals surface area contributed by atoms with Crippen molar-refractivity contribution in [2.45, 2.75) is 26.3 Å². The van der Waals surface area contributed by atoms with Crippen LogP contribution in [-0.2, 0) is 13.0 Å². The van der Waals surface area contributed by atoms with E-state index in [-0.39, 0.29) is 5.82 Å². The Kier molecular flexibility index (Phi) is 3.79. The first-order valence-corrected chi connectivity index (χ1v) is 6.18. The average Bonchev–Trinajstić information content (AvgIpc) is 2.69. The lowest BCUT2D eigenvalue weighted by Crippen LogP contribution is -2.08. The van der Waals surface area contributed by atoms with E-state index in [0.29, 0.717) is 0 Å². The molecule has 2 nitrogen and oxygen atoms in total. The summed E-state index contributed by atoms with van der Waals surface area (Å²) in [5.41, 5.74) is 2.13. The second kappa shape index (κ2) is 5.32. The Morgan fingerprint density at radius 1 is 1.35 bits per heavy atom. The minimum Gasteiger partial charge on any atom is -0.347 e. The summed E-state index contributed by atoms with van der Waals surface area (Å²) < 4.78 is 16.0. The number of nitrogens with one attached hydrogen (secondary N) is 1. The summed E-state index contributed by atoms with van der Waals surface area (Å²) in [5.74, 6) is -0.103. The Balaban J connectivity index is 2.40. The number of aromatic nitrogens is 1. The van der Waals surface area contributed by atoms with Gasteiger partial charge in [-0.05, 0) is 51.1 Å². The fourth-order valence-electron chi connectivity index (χ4n) is 2.30. The van der Waals surface area contributed by atoms with E-state index < -0.39 is 0 Å². The molecule has 0 aliphatic heterocycles. The number of rotatable bonds is 5. The quantitative estimate of drug-likeness (QED) is 0.787. The molecule has 1 aromatic carbocycles. The molecule has 0 unspecified atom stereocenters. The zero-order valence-corrected chi connectivity index (χ0v) is 10.5. The van der Waals surface area contributed by atoms with Crippen molar-refractivity contribution < 1.29 is 4.39 Å². The number of fused-ring (bicyclic) bond motifs is 1. The predicted molar refractivity (Wildman–Crippen MR) is 69.8 cm³/mol. The number of benzene rings is 1. The lowest BCUT2D eigenvalue weighted by molar-refractivity contribution is 0.638. The zero-order valence-electron chi connectivity index (χ0n) is 10.5. The van der Waals surface area contributed by atoms with Crippen LogP contribution >= 0.6 is 0 Å². The summed E-state index contributed by atoms with van der Waals surface area (Å²) in [5, 5.41) is 3.92. The largest absolute Gasteiger partial charge is 0.347 e. The van der Waals surface area contributed by atoms with Crippen molar-refractivity contribution in [3.8, 4) is 0 Å². The van der Waals surface area contributed by atoms with Gasteiger partial charge in [-0.1, -0.05) is 6.07 Å². The minimum atomic E-state index is -0.103. The molecule has 2 rings (SSSR count). The molecule has 0 saturated carbocycles. The summed E-state index contributed by atoms with van der Waals surface area (Å²) in [6, 6.07) is 5.31. The van der Waals surface area contributed by atoms with E-state index in [2.05, 4.69) is 23.0 Å². The average molecular weight is 234 g/mol. The highest BCUT2D eigenvalue weighted by Gasteiger charge is 2.11. The predicted octanol–water partition coefficient (Wildman–Crippen LogP) is 2.95. The lowest BCUT2D eigenvalue weighted by Gasteiger charge is -2.00. The normalized spacial score (nSPS) is 11.2. The highest BCUT2D eigenvalue weighted by atomic mass is 19.1. The first kappa shape index (κ1) is 12.1. The summed E-state index contributed by atoms with van der Waals surface area (Å²) in [6.45, 7) is 3.93. The zero-order chi connectivity index (χ0) is 12.3. The van der Waals surface area contributed by atoms with Crippen LogP contribution in [0.5, 0.6) is 0 Å². The van der Waals surface area contributed by atoms with E-state index in [0.717, 1.165) is 42.4 Å². The SMILES string of the molecule is CCn1cc(CCCNC)c2c(F)cccc21. The summed E-state index contributed by atoms with van der Waals surface area (Å²) >= 11 is 0. The van der Waals surface area contributed by atoms with Crippen LogP contribution in [0.2, 0.25) is 0 Å². The molecule has 1 heterocycles. The van der Waals surface area contributed by atoms with Crippen LogP contribution in [0.25, 0.3) is 10.9 Å². The molecular weight excluding hydrogens is 215 g/mol. The van der Waals surface area contributed by atoms with Crippen molar-refractivity contribution in [2.24, 2.45) is 0 Å². The van der Waals surface area contributed by atoms with Crippen molar-refractivity contribution in [3.05, 3.63) is 35.8 Å². The fraction of sp³-hybridized carbons (Fsp3) is 0.429. The van der Waals surface area contributed by atoms with Gasteiger partial charge in [0, 0.05) is 18.1 Å². The standard InChI is InChI=1S/C14H19FN2/c1-3-17-10-11(6-5-9-16-2)14-12(15)7-4-8-13(14)17/h4,7-8,10,16H,3,5-6,9H2,1-2H3. The molecule has 0 spiro atoms. The van der Waals surface area contributed by atoms with Crippen LogP contribution in [0.15, 0.2) is 24.4 Å². The topological polar surface area (TPSA) is 17.0 Å². The number of nitrogens with zero attached hydrogens (tertiary/aromatic N) is 1. The van der Waals surface area contributed by atoms with Gasteiger partial charge >= 0.3 is 0 Å².